The molecule has 3 rings (SSSR count). The highest BCUT2D eigenvalue weighted by Gasteiger charge is 2.24. The number of ether oxygens (including phenoxy) is 3. The minimum Gasteiger partial charge on any atom is -0.497 e. The number of aromatic carboxylic acids is 1. The predicted molar refractivity (Wildman–Crippen MR) is 129 cm³/mol. The summed E-state index contributed by atoms with van der Waals surface area (Å²) >= 11 is 5.91. The van der Waals surface area contributed by atoms with E-state index < -0.39 is 5.97 Å². The van der Waals surface area contributed by atoms with Crippen molar-refractivity contribution < 1.29 is 28.9 Å². The number of methoxy groups -OCH3 is 2. The molecule has 0 saturated heterocycles. The molecule has 7 nitrogen and oxygen atoms in total. The molecule has 0 fully saturated rings. The molecule has 0 aliphatic heterocycles. The van der Waals surface area contributed by atoms with Crippen LogP contribution in [-0.2, 0) is 11.3 Å². The summed E-state index contributed by atoms with van der Waals surface area (Å²) in [5.74, 6) is -0.214. The van der Waals surface area contributed by atoms with Gasteiger partial charge in [-0.05, 0) is 42.8 Å². The first-order chi connectivity index (χ1) is 16.3. The minimum atomic E-state index is -1.19. The number of carboxylic acid groups (broad SMARTS) is 1. The number of carbonyl (C=O) groups excluding carboxylic acids is 1. The lowest BCUT2D eigenvalue weighted by atomic mass is 10.1. The molecular formula is C26H26ClNO6. The first-order valence-corrected chi connectivity index (χ1v) is 10.9. The number of amides is 1. The predicted octanol–water partition coefficient (Wildman–Crippen LogP) is 5.22. The fourth-order valence-corrected chi connectivity index (χ4v) is 3.71. The molecule has 0 saturated carbocycles. The molecular weight excluding hydrogens is 458 g/mol. The summed E-state index contributed by atoms with van der Waals surface area (Å²) in [5, 5.41) is 9.70. The van der Waals surface area contributed by atoms with E-state index in [2.05, 4.69) is 0 Å². The third-order valence-corrected chi connectivity index (χ3v) is 5.66. The zero-order valence-electron chi connectivity index (χ0n) is 19.2. The van der Waals surface area contributed by atoms with Crippen LogP contribution in [0.15, 0.2) is 66.7 Å². The van der Waals surface area contributed by atoms with E-state index in [-0.39, 0.29) is 41.4 Å². The standard InChI is InChI=1S/C26H26ClNO6/c1-17(18-7-5-4-6-8-18)28(15-19-9-11-21(32-2)14-24(19)33-3)25(29)16-34-23-12-10-20(27)13-22(23)26(30)31/h4-14,17H,15-16H2,1-3H3,(H,30,31)/t17-/m1/s1. The Morgan fingerprint density at radius 3 is 2.35 bits per heavy atom. The van der Waals surface area contributed by atoms with Crippen LogP contribution in [-0.4, -0.2) is 42.7 Å². The van der Waals surface area contributed by atoms with E-state index >= 15 is 0 Å². The highest BCUT2D eigenvalue weighted by atomic mass is 35.5. The highest BCUT2D eigenvalue weighted by Crippen LogP contribution is 2.30. The van der Waals surface area contributed by atoms with E-state index in [4.69, 9.17) is 25.8 Å². The Kier molecular flexibility index (Phi) is 8.38. The number of carbonyl (C=O) groups is 2. The third kappa shape index (κ3) is 5.99. The molecule has 1 amide bonds. The summed E-state index contributed by atoms with van der Waals surface area (Å²) in [7, 11) is 3.13. The quantitative estimate of drug-likeness (QED) is 0.425. The number of halogens is 1. The van der Waals surface area contributed by atoms with Gasteiger partial charge in [-0.25, -0.2) is 4.79 Å². The maximum Gasteiger partial charge on any atom is 0.339 e. The topological polar surface area (TPSA) is 85.3 Å². The van der Waals surface area contributed by atoms with Gasteiger partial charge in [0.2, 0.25) is 0 Å². The third-order valence-electron chi connectivity index (χ3n) is 5.43. The maximum absolute atomic E-state index is 13.4. The Morgan fingerprint density at radius 1 is 0.971 bits per heavy atom. The van der Waals surface area contributed by atoms with Crippen LogP contribution in [0.4, 0.5) is 0 Å². The van der Waals surface area contributed by atoms with E-state index in [9.17, 15) is 14.7 Å². The molecule has 0 aliphatic rings. The molecule has 0 bridgehead atoms. The summed E-state index contributed by atoms with van der Waals surface area (Å²) in [6.45, 7) is 1.82. The van der Waals surface area contributed by atoms with Gasteiger partial charge in [0.1, 0.15) is 22.8 Å². The lowest BCUT2D eigenvalue weighted by molar-refractivity contribution is -0.136. The summed E-state index contributed by atoms with van der Waals surface area (Å²) in [5.41, 5.74) is 1.62. The second-order valence-corrected chi connectivity index (χ2v) is 7.96. The van der Waals surface area contributed by atoms with Crippen LogP contribution in [0.3, 0.4) is 0 Å². The van der Waals surface area contributed by atoms with Crippen LogP contribution >= 0.6 is 11.6 Å². The van der Waals surface area contributed by atoms with Crippen LogP contribution in [0.5, 0.6) is 17.2 Å². The van der Waals surface area contributed by atoms with Crippen LogP contribution in [0.25, 0.3) is 0 Å². The van der Waals surface area contributed by atoms with Gasteiger partial charge >= 0.3 is 5.97 Å². The Bertz CT molecular complexity index is 1150. The molecule has 0 aliphatic carbocycles. The van der Waals surface area contributed by atoms with Gasteiger partial charge in [-0.3, -0.25) is 4.79 Å². The average molecular weight is 484 g/mol. The van der Waals surface area contributed by atoms with Crippen molar-refractivity contribution in [3.63, 3.8) is 0 Å². The van der Waals surface area contributed by atoms with Crippen molar-refractivity contribution in [1.29, 1.82) is 0 Å². The van der Waals surface area contributed by atoms with Crippen molar-refractivity contribution in [2.24, 2.45) is 0 Å². The zero-order valence-corrected chi connectivity index (χ0v) is 19.9. The molecule has 34 heavy (non-hydrogen) atoms. The first kappa shape index (κ1) is 24.9. The molecule has 8 heteroatoms. The fraction of sp³-hybridized carbons (Fsp3) is 0.231. The van der Waals surface area contributed by atoms with Gasteiger partial charge in [0, 0.05) is 16.7 Å². The smallest absolute Gasteiger partial charge is 0.339 e. The van der Waals surface area contributed by atoms with Gasteiger partial charge in [-0.15, -0.1) is 0 Å². The summed E-state index contributed by atoms with van der Waals surface area (Å²) in [4.78, 5) is 26.6. The normalized spacial score (nSPS) is 11.4. The van der Waals surface area contributed by atoms with E-state index in [1.165, 1.54) is 18.2 Å². The molecule has 3 aromatic carbocycles. The minimum absolute atomic E-state index is 0.0691. The fourth-order valence-electron chi connectivity index (χ4n) is 3.54. The molecule has 0 heterocycles. The Hall–Kier alpha value is -3.71. The summed E-state index contributed by atoms with van der Waals surface area (Å²) < 4.78 is 16.4. The van der Waals surface area contributed by atoms with E-state index in [0.717, 1.165) is 11.1 Å². The van der Waals surface area contributed by atoms with Crippen LogP contribution in [0.1, 0.15) is 34.5 Å². The second kappa shape index (κ2) is 11.4. The van der Waals surface area contributed by atoms with Crippen molar-refractivity contribution in [3.8, 4) is 17.2 Å². The number of nitrogens with zero attached hydrogens (tertiary/aromatic N) is 1. The number of rotatable bonds is 10. The van der Waals surface area contributed by atoms with E-state index in [0.29, 0.717) is 11.5 Å². The van der Waals surface area contributed by atoms with Gasteiger partial charge < -0.3 is 24.2 Å². The second-order valence-electron chi connectivity index (χ2n) is 7.52. The number of hydrogen-bond donors (Lipinski definition) is 1. The highest BCUT2D eigenvalue weighted by molar-refractivity contribution is 6.31. The van der Waals surface area contributed by atoms with Gasteiger partial charge in [0.15, 0.2) is 6.61 Å². The molecule has 178 valence electrons. The number of carboxylic acids is 1. The molecule has 0 spiro atoms. The molecule has 1 N–H and O–H groups in total. The monoisotopic (exact) mass is 483 g/mol. The van der Waals surface area contributed by atoms with Crippen molar-refractivity contribution in [3.05, 3.63) is 88.4 Å². The lowest BCUT2D eigenvalue weighted by Gasteiger charge is -2.30. The first-order valence-electron chi connectivity index (χ1n) is 10.5. The molecule has 3 aromatic rings. The zero-order chi connectivity index (χ0) is 24.7. The Balaban J connectivity index is 1.88. The van der Waals surface area contributed by atoms with E-state index in [1.807, 2.05) is 43.3 Å². The molecule has 0 radical (unpaired) electrons. The Morgan fingerprint density at radius 2 is 1.71 bits per heavy atom. The van der Waals surface area contributed by atoms with Crippen LogP contribution < -0.4 is 14.2 Å². The Labute approximate surface area is 203 Å². The molecule has 0 unspecified atom stereocenters. The summed E-state index contributed by atoms with van der Waals surface area (Å²) in [6.07, 6.45) is 0. The van der Waals surface area contributed by atoms with E-state index in [1.54, 1.807) is 31.3 Å². The van der Waals surface area contributed by atoms with Gasteiger partial charge in [-0.1, -0.05) is 41.9 Å². The maximum atomic E-state index is 13.4. The van der Waals surface area contributed by atoms with Gasteiger partial charge in [0.05, 0.1) is 26.8 Å². The lowest BCUT2D eigenvalue weighted by Crippen LogP contribution is -2.36. The molecule has 0 aromatic heterocycles. The van der Waals surface area contributed by atoms with Crippen LogP contribution in [0.2, 0.25) is 5.02 Å². The van der Waals surface area contributed by atoms with Crippen molar-refractivity contribution in [2.75, 3.05) is 20.8 Å². The van der Waals surface area contributed by atoms with Gasteiger partial charge in [0.25, 0.3) is 5.91 Å². The SMILES string of the molecule is COc1ccc(CN(C(=O)COc2ccc(Cl)cc2C(=O)O)[C@H](C)c2ccccc2)c(OC)c1. The number of benzene rings is 3. The van der Waals surface area contributed by atoms with Crippen molar-refractivity contribution in [2.45, 2.75) is 19.5 Å². The molecule has 1 atom stereocenters. The average Bonchev–Trinajstić information content (AvgIpc) is 2.86. The van der Waals surface area contributed by atoms with Crippen molar-refractivity contribution >= 4 is 23.5 Å². The van der Waals surface area contributed by atoms with Gasteiger partial charge in [-0.2, -0.15) is 0 Å². The van der Waals surface area contributed by atoms with Crippen LogP contribution in [0, 0.1) is 0 Å². The number of hydrogen-bond acceptors (Lipinski definition) is 5. The van der Waals surface area contributed by atoms with Crippen molar-refractivity contribution in [1.82, 2.24) is 4.90 Å². The summed E-state index contributed by atoms with van der Waals surface area (Å²) in [6, 6.07) is 19.0. The largest absolute Gasteiger partial charge is 0.497 e.